The van der Waals surface area contributed by atoms with Gasteiger partial charge in [-0.05, 0) is 36.0 Å². The molecule has 8 heteroatoms. The van der Waals surface area contributed by atoms with E-state index in [0.29, 0.717) is 11.4 Å². The van der Waals surface area contributed by atoms with Crippen LogP contribution in [0.2, 0.25) is 5.15 Å². The van der Waals surface area contributed by atoms with E-state index in [1.807, 2.05) is 0 Å². The zero-order valence-corrected chi connectivity index (χ0v) is 13.9. The van der Waals surface area contributed by atoms with Gasteiger partial charge in [0.15, 0.2) is 5.15 Å². The van der Waals surface area contributed by atoms with Gasteiger partial charge in [0.2, 0.25) is 11.8 Å². The van der Waals surface area contributed by atoms with Gasteiger partial charge in [0.05, 0.1) is 11.4 Å². The van der Waals surface area contributed by atoms with E-state index in [0.717, 1.165) is 16.7 Å². The van der Waals surface area contributed by atoms with Crippen molar-refractivity contribution in [3.63, 3.8) is 0 Å². The molecule has 1 aliphatic heterocycles. The number of halogens is 1. The van der Waals surface area contributed by atoms with Crippen LogP contribution in [0.1, 0.15) is 6.42 Å². The molecule has 1 N–H and O–H groups in total. The number of nitrogens with zero attached hydrogens (tertiary/aromatic N) is 2. The number of anilines is 2. The SMILES string of the molecule is O=C(C[C@H]1SC(=O)N(c2ccccc2)C1=O)Nc1cccnc1Cl. The Hall–Kier alpha value is -2.38. The van der Waals surface area contributed by atoms with Crippen molar-refractivity contribution < 1.29 is 14.4 Å². The number of para-hydroxylation sites is 1. The van der Waals surface area contributed by atoms with Gasteiger partial charge < -0.3 is 5.32 Å². The van der Waals surface area contributed by atoms with E-state index in [4.69, 9.17) is 11.6 Å². The summed E-state index contributed by atoms with van der Waals surface area (Å²) in [6, 6.07) is 11.9. The normalized spacial score (nSPS) is 17.2. The third kappa shape index (κ3) is 3.42. The number of benzene rings is 1. The van der Waals surface area contributed by atoms with Crippen molar-refractivity contribution >= 4 is 51.8 Å². The number of nitrogens with one attached hydrogen (secondary N) is 1. The molecule has 24 heavy (non-hydrogen) atoms. The molecular weight excluding hydrogens is 350 g/mol. The van der Waals surface area contributed by atoms with Crippen LogP contribution in [0, 0.1) is 0 Å². The molecule has 2 heterocycles. The van der Waals surface area contributed by atoms with E-state index in [1.165, 1.54) is 6.20 Å². The van der Waals surface area contributed by atoms with Gasteiger partial charge in [-0.3, -0.25) is 14.4 Å². The fraction of sp³-hybridized carbons (Fsp3) is 0.125. The maximum Gasteiger partial charge on any atom is 0.293 e. The first-order valence-electron chi connectivity index (χ1n) is 7.06. The van der Waals surface area contributed by atoms with Crippen LogP contribution in [-0.2, 0) is 9.59 Å². The summed E-state index contributed by atoms with van der Waals surface area (Å²) in [6.07, 6.45) is 1.38. The highest BCUT2D eigenvalue weighted by atomic mass is 35.5. The summed E-state index contributed by atoms with van der Waals surface area (Å²) in [4.78, 5) is 41.6. The van der Waals surface area contributed by atoms with Crippen LogP contribution in [0.25, 0.3) is 0 Å². The number of thioether (sulfide) groups is 1. The van der Waals surface area contributed by atoms with Gasteiger partial charge in [-0.15, -0.1) is 0 Å². The van der Waals surface area contributed by atoms with Crippen molar-refractivity contribution in [1.29, 1.82) is 0 Å². The fourth-order valence-electron chi connectivity index (χ4n) is 2.25. The molecule has 3 amide bonds. The highest BCUT2D eigenvalue weighted by molar-refractivity contribution is 8.15. The Labute approximate surface area is 147 Å². The van der Waals surface area contributed by atoms with Crippen LogP contribution in [0.3, 0.4) is 0 Å². The molecule has 1 aromatic heterocycles. The van der Waals surface area contributed by atoms with E-state index in [2.05, 4.69) is 10.3 Å². The molecule has 1 atom stereocenters. The quantitative estimate of drug-likeness (QED) is 0.845. The summed E-state index contributed by atoms with van der Waals surface area (Å²) in [5, 5.41) is 1.62. The van der Waals surface area contributed by atoms with Gasteiger partial charge in [-0.2, -0.15) is 0 Å². The van der Waals surface area contributed by atoms with Crippen LogP contribution >= 0.6 is 23.4 Å². The second-order valence-electron chi connectivity index (χ2n) is 4.98. The number of imide groups is 1. The van der Waals surface area contributed by atoms with E-state index >= 15 is 0 Å². The highest BCUT2D eigenvalue weighted by Crippen LogP contribution is 2.33. The third-order valence-electron chi connectivity index (χ3n) is 3.34. The second kappa shape index (κ2) is 7.02. The number of carbonyl (C=O) groups is 3. The molecule has 0 aliphatic carbocycles. The summed E-state index contributed by atoms with van der Waals surface area (Å²) in [6.45, 7) is 0. The van der Waals surface area contributed by atoms with Crippen molar-refractivity contribution in [3.8, 4) is 0 Å². The molecular formula is C16H12ClN3O3S. The highest BCUT2D eigenvalue weighted by Gasteiger charge is 2.41. The van der Waals surface area contributed by atoms with E-state index in [1.54, 1.807) is 42.5 Å². The lowest BCUT2D eigenvalue weighted by Gasteiger charge is -2.13. The standard InChI is InChI=1S/C16H12ClN3O3S/c17-14-11(7-4-8-18-14)19-13(21)9-12-15(22)20(16(23)24-12)10-5-2-1-3-6-10/h1-8,12H,9H2,(H,19,21)/t12-/m1/s1. The van der Waals surface area contributed by atoms with Crippen molar-refractivity contribution in [2.45, 2.75) is 11.7 Å². The minimum Gasteiger partial charge on any atom is -0.323 e. The van der Waals surface area contributed by atoms with Gasteiger partial charge in [0.1, 0.15) is 5.25 Å². The average molecular weight is 362 g/mol. The van der Waals surface area contributed by atoms with E-state index < -0.39 is 17.1 Å². The predicted molar refractivity (Wildman–Crippen MR) is 93.2 cm³/mol. The number of aromatic nitrogens is 1. The van der Waals surface area contributed by atoms with Gasteiger partial charge in [0.25, 0.3) is 5.24 Å². The Kier molecular flexibility index (Phi) is 4.82. The molecule has 1 fully saturated rings. The largest absolute Gasteiger partial charge is 0.323 e. The first-order valence-corrected chi connectivity index (χ1v) is 8.32. The number of hydrogen-bond donors (Lipinski definition) is 1. The Morgan fingerprint density at radius 2 is 1.96 bits per heavy atom. The molecule has 122 valence electrons. The van der Waals surface area contributed by atoms with Crippen molar-refractivity contribution in [3.05, 3.63) is 53.8 Å². The molecule has 0 radical (unpaired) electrons. The second-order valence-corrected chi connectivity index (χ2v) is 6.49. The Morgan fingerprint density at radius 1 is 1.21 bits per heavy atom. The van der Waals surface area contributed by atoms with Crippen molar-refractivity contribution in [1.82, 2.24) is 4.98 Å². The maximum atomic E-state index is 12.4. The molecule has 6 nitrogen and oxygen atoms in total. The monoisotopic (exact) mass is 361 g/mol. The summed E-state index contributed by atoms with van der Waals surface area (Å²) in [7, 11) is 0. The van der Waals surface area contributed by atoms with Gasteiger partial charge >= 0.3 is 0 Å². The Bertz CT molecular complexity index is 800. The fourth-order valence-corrected chi connectivity index (χ4v) is 3.40. The minimum atomic E-state index is -0.756. The smallest absolute Gasteiger partial charge is 0.293 e. The zero-order valence-electron chi connectivity index (χ0n) is 12.3. The predicted octanol–water partition coefficient (Wildman–Crippen LogP) is 3.33. The summed E-state index contributed by atoms with van der Waals surface area (Å²) in [5.41, 5.74) is 0.865. The molecule has 0 bridgehead atoms. The van der Waals surface area contributed by atoms with Crippen LogP contribution < -0.4 is 10.2 Å². The average Bonchev–Trinajstić information content (AvgIpc) is 2.84. The molecule has 1 aliphatic rings. The van der Waals surface area contributed by atoms with Gasteiger partial charge in [-0.25, -0.2) is 9.88 Å². The molecule has 1 aromatic carbocycles. The summed E-state index contributed by atoms with van der Waals surface area (Å²) < 4.78 is 0. The summed E-state index contributed by atoms with van der Waals surface area (Å²) in [5.74, 6) is -0.804. The van der Waals surface area contributed by atoms with Gasteiger partial charge in [0, 0.05) is 12.6 Å². The topological polar surface area (TPSA) is 79.4 Å². The molecule has 0 saturated carbocycles. The van der Waals surface area contributed by atoms with Crippen LogP contribution in [0.15, 0.2) is 48.7 Å². The molecule has 3 rings (SSSR count). The number of carbonyl (C=O) groups excluding carboxylic acids is 3. The van der Waals surface area contributed by atoms with Gasteiger partial charge in [-0.1, -0.05) is 29.8 Å². The molecule has 2 aromatic rings. The Morgan fingerprint density at radius 3 is 2.67 bits per heavy atom. The van der Waals surface area contributed by atoms with Crippen molar-refractivity contribution in [2.75, 3.05) is 10.2 Å². The number of hydrogen-bond acceptors (Lipinski definition) is 5. The first kappa shape index (κ1) is 16.5. The first-order chi connectivity index (χ1) is 11.6. The number of amides is 3. The molecule has 0 spiro atoms. The van der Waals surface area contributed by atoms with E-state index in [-0.39, 0.29) is 16.8 Å². The van der Waals surface area contributed by atoms with E-state index in [9.17, 15) is 14.4 Å². The minimum absolute atomic E-state index is 0.121. The molecule has 1 saturated heterocycles. The maximum absolute atomic E-state index is 12.4. The zero-order chi connectivity index (χ0) is 17.1. The summed E-state index contributed by atoms with van der Waals surface area (Å²) >= 11 is 6.73. The number of pyridine rings is 1. The van der Waals surface area contributed by atoms with Crippen LogP contribution in [0.5, 0.6) is 0 Å². The van der Waals surface area contributed by atoms with Crippen LogP contribution in [0.4, 0.5) is 16.2 Å². The van der Waals surface area contributed by atoms with Crippen molar-refractivity contribution in [2.24, 2.45) is 0 Å². The lowest BCUT2D eigenvalue weighted by molar-refractivity contribution is -0.121. The lowest BCUT2D eigenvalue weighted by atomic mass is 10.2. The lowest BCUT2D eigenvalue weighted by Crippen LogP contribution is -2.32. The van der Waals surface area contributed by atoms with Crippen LogP contribution in [-0.4, -0.2) is 27.3 Å². The third-order valence-corrected chi connectivity index (χ3v) is 4.68. The number of rotatable bonds is 4. The Balaban J connectivity index is 1.68. The molecule has 0 unspecified atom stereocenters.